The normalized spacial score (nSPS) is 12.8. The van der Waals surface area contributed by atoms with Gasteiger partial charge in [-0.3, -0.25) is 0 Å². The summed E-state index contributed by atoms with van der Waals surface area (Å²) in [7, 11) is 0. The molecular formula is C15H11F2NO. The first kappa shape index (κ1) is 11.9. The lowest BCUT2D eigenvalue weighted by Gasteiger charge is -2.13. The Hall–Kier alpha value is -2.20. The lowest BCUT2D eigenvalue weighted by molar-refractivity contribution is 0.215. The van der Waals surface area contributed by atoms with Crippen LogP contribution in [0.1, 0.15) is 17.2 Å². The molecule has 0 aliphatic carbocycles. The van der Waals surface area contributed by atoms with Crippen molar-refractivity contribution in [3.05, 3.63) is 71.4 Å². The number of fused-ring (bicyclic) bond motifs is 1. The molecular weight excluding hydrogens is 248 g/mol. The van der Waals surface area contributed by atoms with Crippen LogP contribution in [-0.4, -0.2) is 10.1 Å². The summed E-state index contributed by atoms with van der Waals surface area (Å²) in [5, 5.41) is 11.1. The van der Waals surface area contributed by atoms with Crippen molar-refractivity contribution in [3.63, 3.8) is 0 Å². The first-order chi connectivity index (χ1) is 9.18. The van der Waals surface area contributed by atoms with Gasteiger partial charge in [0.15, 0.2) is 11.6 Å². The van der Waals surface area contributed by atoms with E-state index in [1.54, 1.807) is 24.4 Å². The minimum atomic E-state index is -1.20. The van der Waals surface area contributed by atoms with Crippen LogP contribution in [0, 0.1) is 11.6 Å². The molecule has 96 valence electrons. The maximum Gasteiger partial charge on any atom is 0.164 e. The van der Waals surface area contributed by atoms with Crippen molar-refractivity contribution in [2.75, 3.05) is 0 Å². The van der Waals surface area contributed by atoms with Crippen LogP contribution in [0.3, 0.4) is 0 Å². The van der Waals surface area contributed by atoms with Gasteiger partial charge in [-0.25, -0.2) is 8.78 Å². The SMILES string of the molecule is OC(c1cccc(F)c1F)c1cccc2[nH]ccc12. The highest BCUT2D eigenvalue weighted by atomic mass is 19.2. The first-order valence-corrected chi connectivity index (χ1v) is 5.86. The number of nitrogens with one attached hydrogen (secondary N) is 1. The Labute approximate surface area is 108 Å². The zero-order valence-corrected chi connectivity index (χ0v) is 9.90. The Morgan fingerprint density at radius 1 is 0.947 bits per heavy atom. The number of halogens is 2. The van der Waals surface area contributed by atoms with Gasteiger partial charge in [0.05, 0.1) is 0 Å². The van der Waals surface area contributed by atoms with E-state index in [4.69, 9.17) is 0 Å². The molecule has 3 aromatic rings. The number of aromatic amines is 1. The van der Waals surface area contributed by atoms with E-state index in [1.165, 1.54) is 12.1 Å². The number of aromatic nitrogens is 1. The average Bonchev–Trinajstić information content (AvgIpc) is 2.89. The van der Waals surface area contributed by atoms with Gasteiger partial charge in [-0.2, -0.15) is 0 Å². The molecule has 0 aliphatic rings. The van der Waals surface area contributed by atoms with Crippen molar-refractivity contribution in [2.24, 2.45) is 0 Å². The minimum Gasteiger partial charge on any atom is -0.384 e. The molecule has 1 atom stereocenters. The molecule has 2 aromatic carbocycles. The van der Waals surface area contributed by atoms with Crippen LogP contribution in [0.2, 0.25) is 0 Å². The van der Waals surface area contributed by atoms with E-state index < -0.39 is 17.7 Å². The summed E-state index contributed by atoms with van der Waals surface area (Å²) >= 11 is 0. The van der Waals surface area contributed by atoms with E-state index in [9.17, 15) is 13.9 Å². The number of hydrogen-bond donors (Lipinski definition) is 2. The number of aliphatic hydroxyl groups is 1. The molecule has 0 bridgehead atoms. The quantitative estimate of drug-likeness (QED) is 0.725. The molecule has 0 radical (unpaired) electrons. The number of aliphatic hydroxyl groups excluding tert-OH is 1. The molecule has 4 heteroatoms. The second-order valence-electron chi connectivity index (χ2n) is 4.33. The van der Waals surface area contributed by atoms with Gasteiger partial charge in [0.1, 0.15) is 6.10 Å². The molecule has 0 fully saturated rings. The van der Waals surface area contributed by atoms with Gasteiger partial charge in [0.25, 0.3) is 0 Å². The van der Waals surface area contributed by atoms with Gasteiger partial charge in [0.2, 0.25) is 0 Å². The summed E-state index contributed by atoms with van der Waals surface area (Å²) in [6.45, 7) is 0. The Balaban J connectivity index is 2.16. The van der Waals surface area contributed by atoms with Gasteiger partial charge in [-0.05, 0) is 23.8 Å². The second-order valence-corrected chi connectivity index (χ2v) is 4.33. The molecule has 0 aliphatic heterocycles. The fourth-order valence-corrected chi connectivity index (χ4v) is 2.25. The summed E-state index contributed by atoms with van der Waals surface area (Å²) in [5.74, 6) is -1.97. The van der Waals surface area contributed by atoms with Gasteiger partial charge in [0, 0.05) is 22.7 Å². The summed E-state index contributed by atoms with van der Waals surface area (Å²) in [5.41, 5.74) is 1.32. The van der Waals surface area contributed by atoms with Crippen molar-refractivity contribution in [1.29, 1.82) is 0 Å². The topological polar surface area (TPSA) is 36.0 Å². The van der Waals surface area contributed by atoms with Crippen molar-refractivity contribution in [1.82, 2.24) is 4.98 Å². The molecule has 19 heavy (non-hydrogen) atoms. The van der Waals surface area contributed by atoms with Crippen molar-refractivity contribution < 1.29 is 13.9 Å². The predicted octanol–water partition coefficient (Wildman–Crippen LogP) is 3.53. The van der Waals surface area contributed by atoms with Crippen LogP contribution in [-0.2, 0) is 0 Å². The van der Waals surface area contributed by atoms with Crippen LogP contribution < -0.4 is 0 Å². The van der Waals surface area contributed by atoms with Crippen molar-refractivity contribution in [2.45, 2.75) is 6.10 Å². The lowest BCUT2D eigenvalue weighted by Crippen LogP contribution is -2.04. The third-order valence-corrected chi connectivity index (χ3v) is 3.20. The Bertz CT molecular complexity index is 736. The van der Waals surface area contributed by atoms with E-state index in [1.807, 2.05) is 6.07 Å². The highest BCUT2D eigenvalue weighted by Crippen LogP contribution is 2.30. The lowest BCUT2D eigenvalue weighted by atomic mass is 9.98. The fourth-order valence-electron chi connectivity index (χ4n) is 2.25. The number of hydrogen-bond acceptors (Lipinski definition) is 1. The van der Waals surface area contributed by atoms with E-state index in [0.29, 0.717) is 5.56 Å². The molecule has 1 aromatic heterocycles. The van der Waals surface area contributed by atoms with E-state index >= 15 is 0 Å². The second kappa shape index (κ2) is 4.48. The van der Waals surface area contributed by atoms with Gasteiger partial charge in [-0.1, -0.05) is 24.3 Å². The molecule has 0 saturated heterocycles. The van der Waals surface area contributed by atoms with Crippen molar-refractivity contribution >= 4 is 10.9 Å². The fraction of sp³-hybridized carbons (Fsp3) is 0.0667. The summed E-state index contributed by atoms with van der Waals surface area (Å²) in [6, 6.07) is 10.9. The third-order valence-electron chi connectivity index (χ3n) is 3.20. The third kappa shape index (κ3) is 1.90. The molecule has 3 rings (SSSR count). The molecule has 2 nitrogen and oxygen atoms in total. The number of rotatable bonds is 2. The monoisotopic (exact) mass is 259 g/mol. The highest BCUT2D eigenvalue weighted by Gasteiger charge is 2.19. The smallest absolute Gasteiger partial charge is 0.164 e. The van der Waals surface area contributed by atoms with Gasteiger partial charge >= 0.3 is 0 Å². The van der Waals surface area contributed by atoms with Crippen molar-refractivity contribution in [3.8, 4) is 0 Å². The van der Waals surface area contributed by atoms with Crippen LogP contribution in [0.15, 0.2) is 48.7 Å². The Kier molecular flexibility index (Phi) is 2.80. The Morgan fingerprint density at radius 3 is 2.53 bits per heavy atom. The summed E-state index contributed by atoms with van der Waals surface area (Å²) < 4.78 is 26.9. The maximum atomic E-state index is 13.7. The number of H-pyrrole nitrogens is 1. The molecule has 0 amide bonds. The first-order valence-electron chi connectivity index (χ1n) is 5.86. The van der Waals surface area contributed by atoms with E-state index in [2.05, 4.69) is 4.98 Å². The number of benzene rings is 2. The predicted molar refractivity (Wildman–Crippen MR) is 68.7 cm³/mol. The largest absolute Gasteiger partial charge is 0.384 e. The van der Waals surface area contributed by atoms with Gasteiger partial charge < -0.3 is 10.1 Å². The van der Waals surface area contributed by atoms with Crippen LogP contribution in [0.25, 0.3) is 10.9 Å². The molecule has 0 saturated carbocycles. The zero-order chi connectivity index (χ0) is 13.4. The van der Waals surface area contributed by atoms with Gasteiger partial charge in [-0.15, -0.1) is 0 Å². The standard InChI is InChI=1S/C15H11F2NO/c16-12-5-1-4-11(14(12)17)15(19)10-3-2-6-13-9(10)7-8-18-13/h1-8,15,18-19H. The molecule has 0 spiro atoms. The van der Waals surface area contributed by atoms with E-state index in [-0.39, 0.29) is 5.56 Å². The molecule has 2 N–H and O–H groups in total. The molecule has 1 heterocycles. The maximum absolute atomic E-state index is 13.7. The zero-order valence-electron chi connectivity index (χ0n) is 9.90. The summed E-state index contributed by atoms with van der Waals surface area (Å²) in [4.78, 5) is 3.01. The highest BCUT2D eigenvalue weighted by molar-refractivity contribution is 5.83. The van der Waals surface area contributed by atoms with E-state index in [0.717, 1.165) is 17.0 Å². The Morgan fingerprint density at radius 2 is 1.68 bits per heavy atom. The van der Waals surface area contributed by atoms with Crippen LogP contribution >= 0.6 is 0 Å². The van der Waals surface area contributed by atoms with Crippen LogP contribution in [0.4, 0.5) is 8.78 Å². The average molecular weight is 259 g/mol. The summed E-state index contributed by atoms with van der Waals surface area (Å²) in [6.07, 6.45) is 0.540. The minimum absolute atomic E-state index is 0.0614. The van der Waals surface area contributed by atoms with Crippen LogP contribution in [0.5, 0.6) is 0 Å². The molecule has 1 unspecified atom stereocenters.